The number of amidine groups is 1. The van der Waals surface area contributed by atoms with Gasteiger partial charge < -0.3 is 5.32 Å². The highest BCUT2D eigenvalue weighted by atomic mass is 79.9. The smallest absolute Gasteiger partial charge is 0.101 e. The Morgan fingerprint density at radius 3 is 3.00 bits per heavy atom. The number of halogens is 1. The Bertz CT molecular complexity index is 575. The zero-order valence-corrected chi connectivity index (χ0v) is 12.2. The number of aliphatic imine (C=N–C) groups is 1. The van der Waals surface area contributed by atoms with Crippen molar-refractivity contribution in [2.45, 2.75) is 6.42 Å². The number of nitrogens with zero attached hydrogens (tertiary/aromatic N) is 1. The number of thiophene rings is 1. The van der Waals surface area contributed by atoms with E-state index in [1.54, 1.807) is 11.3 Å². The Morgan fingerprint density at radius 2 is 2.28 bits per heavy atom. The molecule has 0 saturated carbocycles. The van der Waals surface area contributed by atoms with Crippen LogP contribution in [0, 0.1) is 0 Å². The molecule has 2 heterocycles. The molecule has 1 aliphatic heterocycles. The number of nitrogens with one attached hydrogen (secondary N) is 1. The standard InChI is InChI=1S/C14H13BrN2S/c15-11-4-3-10(8-14-16-5-6-17-14)12(9-11)13-2-1-7-18-13/h1-4,7,9H,5-6,8H2,(H,16,17). The van der Waals surface area contributed by atoms with Crippen LogP contribution in [0.15, 0.2) is 45.2 Å². The van der Waals surface area contributed by atoms with Gasteiger partial charge in [0.05, 0.1) is 6.54 Å². The predicted octanol–water partition coefficient (Wildman–Crippen LogP) is 3.72. The lowest BCUT2D eigenvalue weighted by Crippen LogP contribution is -2.20. The third kappa shape index (κ3) is 2.49. The molecule has 3 rings (SSSR count). The average Bonchev–Trinajstić information content (AvgIpc) is 3.04. The van der Waals surface area contributed by atoms with Crippen molar-refractivity contribution < 1.29 is 0 Å². The molecular weight excluding hydrogens is 308 g/mol. The van der Waals surface area contributed by atoms with Crippen LogP contribution in [0.25, 0.3) is 10.4 Å². The molecule has 2 nitrogen and oxygen atoms in total. The fourth-order valence-electron chi connectivity index (χ4n) is 2.11. The Kier molecular flexibility index (Phi) is 3.48. The van der Waals surface area contributed by atoms with Crippen LogP contribution < -0.4 is 5.32 Å². The summed E-state index contributed by atoms with van der Waals surface area (Å²) in [7, 11) is 0. The first-order valence-electron chi connectivity index (χ1n) is 5.92. The molecule has 2 aromatic rings. The minimum atomic E-state index is 0.889. The van der Waals surface area contributed by atoms with Crippen molar-refractivity contribution in [2.24, 2.45) is 4.99 Å². The molecule has 0 atom stereocenters. The van der Waals surface area contributed by atoms with Crippen LogP contribution in [0.4, 0.5) is 0 Å². The highest BCUT2D eigenvalue weighted by Gasteiger charge is 2.11. The molecule has 0 aliphatic carbocycles. The Morgan fingerprint density at radius 1 is 1.33 bits per heavy atom. The van der Waals surface area contributed by atoms with Gasteiger partial charge in [-0.15, -0.1) is 11.3 Å². The van der Waals surface area contributed by atoms with Gasteiger partial charge in [-0.2, -0.15) is 0 Å². The van der Waals surface area contributed by atoms with E-state index < -0.39 is 0 Å². The lowest BCUT2D eigenvalue weighted by atomic mass is 10.0. The van der Waals surface area contributed by atoms with Crippen LogP contribution in [0.1, 0.15) is 5.56 Å². The highest BCUT2D eigenvalue weighted by molar-refractivity contribution is 9.10. The summed E-state index contributed by atoms with van der Waals surface area (Å²) in [6.07, 6.45) is 0.889. The van der Waals surface area contributed by atoms with Gasteiger partial charge in [0.25, 0.3) is 0 Å². The second kappa shape index (κ2) is 5.24. The van der Waals surface area contributed by atoms with Crippen molar-refractivity contribution in [2.75, 3.05) is 13.1 Å². The minimum absolute atomic E-state index is 0.889. The van der Waals surface area contributed by atoms with Crippen LogP contribution in [0.2, 0.25) is 0 Å². The molecule has 18 heavy (non-hydrogen) atoms. The zero-order valence-electron chi connectivity index (χ0n) is 9.82. The zero-order chi connectivity index (χ0) is 12.4. The normalized spacial score (nSPS) is 14.4. The molecule has 1 aromatic heterocycles. The van der Waals surface area contributed by atoms with Crippen molar-refractivity contribution in [3.05, 3.63) is 45.7 Å². The Labute approximate surface area is 119 Å². The summed E-state index contributed by atoms with van der Waals surface area (Å²) in [5.74, 6) is 1.11. The summed E-state index contributed by atoms with van der Waals surface area (Å²) < 4.78 is 1.12. The second-order valence-corrected chi connectivity index (χ2v) is 6.07. The van der Waals surface area contributed by atoms with Gasteiger partial charge >= 0.3 is 0 Å². The Hall–Kier alpha value is -1.13. The van der Waals surface area contributed by atoms with Crippen LogP contribution in [0.3, 0.4) is 0 Å². The van der Waals surface area contributed by atoms with E-state index >= 15 is 0 Å². The van der Waals surface area contributed by atoms with E-state index in [0.29, 0.717) is 0 Å². The van der Waals surface area contributed by atoms with Crippen LogP contribution in [0.5, 0.6) is 0 Å². The summed E-state index contributed by atoms with van der Waals surface area (Å²) >= 11 is 5.33. The Balaban J connectivity index is 1.98. The molecule has 4 heteroatoms. The third-order valence-corrected chi connectivity index (χ3v) is 4.36. The molecule has 0 radical (unpaired) electrons. The average molecular weight is 321 g/mol. The maximum absolute atomic E-state index is 4.47. The topological polar surface area (TPSA) is 24.4 Å². The van der Waals surface area contributed by atoms with Gasteiger partial charge in [-0.3, -0.25) is 4.99 Å². The van der Waals surface area contributed by atoms with E-state index in [2.05, 4.69) is 62.0 Å². The van der Waals surface area contributed by atoms with Crippen molar-refractivity contribution in [1.82, 2.24) is 5.32 Å². The molecule has 0 fully saturated rings. The van der Waals surface area contributed by atoms with E-state index in [4.69, 9.17) is 0 Å². The third-order valence-electron chi connectivity index (χ3n) is 2.96. The number of hydrogen-bond donors (Lipinski definition) is 1. The minimum Gasteiger partial charge on any atom is -0.372 e. The van der Waals surface area contributed by atoms with Gasteiger partial charge in [-0.1, -0.05) is 28.1 Å². The molecule has 0 spiro atoms. The van der Waals surface area contributed by atoms with Crippen LogP contribution >= 0.6 is 27.3 Å². The summed E-state index contributed by atoms with van der Waals surface area (Å²) in [5.41, 5.74) is 2.63. The fourth-order valence-corrected chi connectivity index (χ4v) is 3.25. The van der Waals surface area contributed by atoms with Crippen molar-refractivity contribution in [3.63, 3.8) is 0 Å². The van der Waals surface area contributed by atoms with E-state index in [1.165, 1.54) is 16.0 Å². The lowest BCUT2D eigenvalue weighted by molar-refractivity contribution is 0.953. The van der Waals surface area contributed by atoms with Gasteiger partial charge in [0, 0.05) is 22.3 Å². The van der Waals surface area contributed by atoms with Gasteiger partial charge in [-0.05, 0) is 34.7 Å². The summed E-state index contributed by atoms with van der Waals surface area (Å²) in [6.45, 7) is 1.88. The van der Waals surface area contributed by atoms with E-state index in [0.717, 1.165) is 29.8 Å². The van der Waals surface area contributed by atoms with Crippen LogP contribution in [-0.2, 0) is 6.42 Å². The van der Waals surface area contributed by atoms with Gasteiger partial charge in [-0.25, -0.2) is 0 Å². The molecule has 0 amide bonds. The molecule has 1 aromatic carbocycles. The molecular formula is C14H13BrN2S. The summed E-state index contributed by atoms with van der Waals surface area (Å²) in [4.78, 5) is 5.78. The highest BCUT2D eigenvalue weighted by Crippen LogP contribution is 2.31. The van der Waals surface area contributed by atoms with Gasteiger partial charge in [0.15, 0.2) is 0 Å². The van der Waals surface area contributed by atoms with Crippen molar-refractivity contribution in [3.8, 4) is 10.4 Å². The number of rotatable bonds is 3. The number of hydrogen-bond acceptors (Lipinski definition) is 3. The van der Waals surface area contributed by atoms with Crippen molar-refractivity contribution >= 4 is 33.1 Å². The first kappa shape index (κ1) is 11.9. The molecule has 1 aliphatic rings. The van der Waals surface area contributed by atoms with Gasteiger partial charge in [0.1, 0.15) is 5.84 Å². The van der Waals surface area contributed by atoms with E-state index in [9.17, 15) is 0 Å². The quantitative estimate of drug-likeness (QED) is 0.915. The molecule has 0 unspecified atom stereocenters. The van der Waals surface area contributed by atoms with Crippen LogP contribution in [-0.4, -0.2) is 18.9 Å². The lowest BCUT2D eigenvalue weighted by Gasteiger charge is -2.09. The predicted molar refractivity (Wildman–Crippen MR) is 81.5 cm³/mol. The fraction of sp³-hybridized carbons (Fsp3) is 0.214. The maximum atomic E-state index is 4.47. The second-order valence-electron chi connectivity index (χ2n) is 4.21. The molecule has 92 valence electrons. The molecule has 0 bridgehead atoms. The van der Waals surface area contributed by atoms with E-state index in [-0.39, 0.29) is 0 Å². The monoisotopic (exact) mass is 320 g/mol. The van der Waals surface area contributed by atoms with E-state index in [1.807, 2.05) is 0 Å². The first-order chi connectivity index (χ1) is 8.83. The van der Waals surface area contributed by atoms with Crippen molar-refractivity contribution in [1.29, 1.82) is 0 Å². The first-order valence-corrected chi connectivity index (χ1v) is 7.60. The molecule has 0 saturated heterocycles. The largest absolute Gasteiger partial charge is 0.372 e. The molecule has 1 N–H and O–H groups in total. The maximum Gasteiger partial charge on any atom is 0.101 e. The van der Waals surface area contributed by atoms with Gasteiger partial charge in [0.2, 0.25) is 0 Å². The summed E-state index contributed by atoms with van der Waals surface area (Å²) in [5, 5.41) is 5.45. The SMILES string of the molecule is Brc1ccc(CC2=NCCN2)c(-c2cccs2)c1. The summed E-state index contributed by atoms with van der Waals surface area (Å²) in [6, 6.07) is 10.7. The number of benzene rings is 1.